The molecule has 1 amide bonds. The standard InChI is InChI=1S/C20H24N2O4S/c1-3-25-19(23)17-15-10-11-22(12-14-8-6-5-7-9-14)13-16(15)27-18(17)21-20(24)26-4-2/h5-9H,3-4,10-13H2,1-2H3,(H,21,24). The van der Waals surface area contributed by atoms with Crippen molar-refractivity contribution in [2.24, 2.45) is 0 Å². The second kappa shape index (κ2) is 9.01. The van der Waals surface area contributed by atoms with Gasteiger partial charge >= 0.3 is 12.1 Å². The van der Waals surface area contributed by atoms with Gasteiger partial charge in [-0.25, -0.2) is 9.59 Å². The van der Waals surface area contributed by atoms with Crippen LogP contribution in [0.15, 0.2) is 30.3 Å². The van der Waals surface area contributed by atoms with Crippen molar-refractivity contribution in [3.63, 3.8) is 0 Å². The van der Waals surface area contributed by atoms with Gasteiger partial charge in [0, 0.05) is 24.5 Å². The molecule has 2 heterocycles. The third-order valence-corrected chi connectivity index (χ3v) is 5.49. The van der Waals surface area contributed by atoms with Crippen LogP contribution in [-0.4, -0.2) is 36.7 Å². The molecule has 2 aromatic rings. The first-order chi connectivity index (χ1) is 13.1. The molecule has 1 aromatic heterocycles. The van der Waals surface area contributed by atoms with Crippen LogP contribution in [0.4, 0.5) is 9.80 Å². The van der Waals surface area contributed by atoms with Gasteiger partial charge < -0.3 is 9.47 Å². The Bertz CT molecular complexity index is 804. The highest BCUT2D eigenvalue weighted by molar-refractivity contribution is 7.17. The van der Waals surface area contributed by atoms with Crippen LogP contribution < -0.4 is 5.32 Å². The summed E-state index contributed by atoms with van der Waals surface area (Å²) in [6, 6.07) is 10.3. The number of carbonyl (C=O) groups excluding carboxylic acids is 2. The predicted molar refractivity (Wildman–Crippen MR) is 105 cm³/mol. The molecule has 3 rings (SSSR count). The molecule has 0 spiro atoms. The molecule has 7 heteroatoms. The van der Waals surface area contributed by atoms with E-state index in [9.17, 15) is 9.59 Å². The molecule has 0 bridgehead atoms. The summed E-state index contributed by atoms with van der Waals surface area (Å²) in [6.07, 6.45) is 0.194. The fourth-order valence-corrected chi connectivity index (χ4v) is 4.46. The zero-order valence-corrected chi connectivity index (χ0v) is 16.4. The summed E-state index contributed by atoms with van der Waals surface area (Å²) < 4.78 is 10.2. The normalized spacial score (nSPS) is 13.7. The molecule has 0 fully saturated rings. The number of hydrogen-bond donors (Lipinski definition) is 1. The fraction of sp³-hybridized carbons (Fsp3) is 0.400. The van der Waals surface area contributed by atoms with Crippen molar-refractivity contribution < 1.29 is 19.1 Å². The molecule has 1 N–H and O–H groups in total. The molecule has 0 unspecified atom stereocenters. The zero-order valence-electron chi connectivity index (χ0n) is 15.6. The Hall–Kier alpha value is -2.38. The number of hydrogen-bond acceptors (Lipinski definition) is 6. The minimum absolute atomic E-state index is 0.274. The summed E-state index contributed by atoms with van der Waals surface area (Å²) in [5.41, 5.74) is 2.71. The Morgan fingerprint density at radius 1 is 1.15 bits per heavy atom. The fourth-order valence-electron chi connectivity index (χ4n) is 3.20. The lowest BCUT2D eigenvalue weighted by Crippen LogP contribution is -2.29. The minimum atomic E-state index is -0.553. The molecular formula is C20H24N2O4S. The summed E-state index contributed by atoms with van der Waals surface area (Å²) in [4.78, 5) is 27.8. The van der Waals surface area contributed by atoms with E-state index in [0.29, 0.717) is 17.2 Å². The van der Waals surface area contributed by atoms with Crippen molar-refractivity contribution >= 4 is 28.4 Å². The van der Waals surface area contributed by atoms with Crippen molar-refractivity contribution in [2.75, 3.05) is 25.1 Å². The maximum absolute atomic E-state index is 12.5. The van der Waals surface area contributed by atoms with Crippen LogP contribution >= 0.6 is 11.3 Å². The Labute approximate surface area is 163 Å². The summed E-state index contributed by atoms with van der Waals surface area (Å²) in [6.45, 7) is 6.53. The van der Waals surface area contributed by atoms with Crippen molar-refractivity contribution in [3.05, 3.63) is 51.9 Å². The van der Waals surface area contributed by atoms with E-state index in [-0.39, 0.29) is 6.61 Å². The van der Waals surface area contributed by atoms with Gasteiger partial charge in [-0.05, 0) is 31.4 Å². The lowest BCUT2D eigenvalue weighted by Gasteiger charge is -2.27. The second-order valence-corrected chi connectivity index (χ2v) is 7.33. The molecular weight excluding hydrogens is 364 g/mol. The van der Waals surface area contributed by atoms with Gasteiger partial charge in [0.25, 0.3) is 0 Å². The number of ether oxygens (including phenoxy) is 2. The molecule has 6 nitrogen and oxygen atoms in total. The number of carbonyl (C=O) groups is 2. The van der Waals surface area contributed by atoms with Crippen molar-refractivity contribution in [1.82, 2.24) is 4.90 Å². The van der Waals surface area contributed by atoms with Crippen molar-refractivity contribution in [1.29, 1.82) is 0 Å². The van der Waals surface area contributed by atoms with Gasteiger partial charge in [0.2, 0.25) is 0 Å². The molecule has 0 radical (unpaired) electrons. The van der Waals surface area contributed by atoms with E-state index >= 15 is 0 Å². The van der Waals surface area contributed by atoms with Crippen LogP contribution in [0.2, 0.25) is 0 Å². The van der Waals surface area contributed by atoms with Gasteiger partial charge in [-0.1, -0.05) is 30.3 Å². The van der Waals surface area contributed by atoms with Gasteiger partial charge in [-0.2, -0.15) is 0 Å². The predicted octanol–water partition coefficient (Wildman–Crippen LogP) is 4.05. The van der Waals surface area contributed by atoms with E-state index < -0.39 is 12.1 Å². The molecule has 0 saturated carbocycles. The highest BCUT2D eigenvalue weighted by atomic mass is 32.1. The number of anilines is 1. The van der Waals surface area contributed by atoms with Gasteiger partial charge in [0.1, 0.15) is 5.00 Å². The lowest BCUT2D eigenvalue weighted by molar-refractivity contribution is 0.0526. The number of fused-ring (bicyclic) bond motifs is 1. The van der Waals surface area contributed by atoms with Gasteiger partial charge in [-0.15, -0.1) is 11.3 Å². The number of nitrogens with zero attached hydrogens (tertiary/aromatic N) is 1. The van der Waals surface area contributed by atoms with E-state index in [2.05, 4.69) is 22.3 Å². The summed E-state index contributed by atoms with van der Waals surface area (Å²) in [5.74, 6) is -0.390. The Kier molecular flexibility index (Phi) is 6.47. The van der Waals surface area contributed by atoms with Crippen LogP contribution in [0, 0.1) is 0 Å². The molecule has 1 aromatic carbocycles. The second-order valence-electron chi connectivity index (χ2n) is 6.22. The van der Waals surface area contributed by atoms with Gasteiger partial charge in [0.05, 0.1) is 18.8 Å². The number of esters is 1. The first-order valence-electron chi connectivity index (χ1n) is 9.14. The maximum Gasteiger partial charge on any atom is 0.412 e. The van der Waals surface area contributed by atoms with E-state index in [1.54, 1.807) is 13.8 Å². The molecule has 0 atom stereocenters. The van der Waals surface area contributed by atoms with E-state index in [1.807, 2.05) is 18.2 Å². The van der Waals surface area contributed by atoms with E-state index in [1.165, 1.54) is 16.9 Å². The third-order valence-electron chi connectivity index (χ3n) is 4.36. The van der Waals surface area contributed by atoms with Crippen LogP contribution in [0.25, 0.3) is 0 Å². The van der Waals surface area contributed by atoms with Crippen LogP contribution in [0.3, 0.4) is 0 Å². The summed E-state index contributed by atoms with van der Waals surface area (Å²) in [5, 5.41) is 3.22. The molecule has 144 valence electrons. The highest BCUT2D eigenvalue weighted by Gasteiger charge is 2.29. The molecule has 27 heavy (non-hydrogen) atoms. The number of benzene rings is 1. The topological polar surface area (TPSA) is 67.9 Å². The van der Waals surface area contributed by atoms with Crippen LogP contribution in [0.1, 0.15) is 40.2 Å². The number of thiophene rings is 1. The molecule has 1 aliphatic heterocycles. The Morgan fingerprint density at radius 2 is 1.89 bits per heavy atom. The molecule has 0 aliphatic carbocycles. The van der Waals surface area contributed by atoms with Crippen molar-refractivity contribution in [2.45, 2.75) is 33.4 Å². The lowest BCUT2D eigenvalue weighted by atomic mass is 10.0. The highest BCUT2D eigenvalue weighted by Crippen LogP contribution is 2.38. The molecule has 0 saturated heterocycles. The Balaban J connectivity index is 1.82. The van der Waals surface area contributed by atoms with Gasteiger partial charge in [-0.3, -0.25) is 10.2 Å². The Morgan fingerprint density at radius 3 is 2.59 bits per heavy atom. The van der Waals surface area contributed by atoms with Crippen LogP contribution in [0.5, 0.6) is 0 Å². The zero-order chi connectivity index (χ0) is 19.2. The summed E-state index contributed by atoms with van der Waals surface area (Å²) >= 11 is 1.43. The first kappa shape index (κ1) is 19.4. The minimum Gasteiger partial charge on any atom is -0.462 e. The largest absolute Gasteiger partial charge is 0.462 e. The average Bonchev–Trinajstić information content (AvgIpc) is 3.00. The first-order valence-corrected chi connectivity index (χ1v) is 9.95. The van der Waals surface area contributed by atoms with Crippen LogP contribution in [-0.2, 0) is 29.0 Å². The smallest absolute Gasteiger partial charge is 0.412 e. The molecule has 1 aliphatic rings. The quantitative estimate of drug-likeness (QED) is 0.756. The maximum atomic E-state index is 12.5. The SMILES string of the molecule is CCOC(=O)Nc1sc2c(c1C(=O)OCC)CCN(Cc1ccccc1)C2. The number of amides is 1. The third kappa shape index (κ3) is 4.67. The summed E-state index contributed by atoms with van der Waals surface area (Å²) in [7, 11) is 0. The number of rotatable bonds is 6. The van der Waals surface area contributed by atoms with E-state index in [0.717, 1.165) is 36.5 Å². The number of nitrogens with one attached hydrogen (secondary N) is 1. The monoisotopic (exact) mass is 388 g/mol. The van der Waals surface area contributed by atoms with Crippen molar-refractivity contribution in [3.8, 4) is 0 Å². The average molecular weight is 388 g/mol. The van der Waals surface area contributed by atoms with Gasteiger partial charge in [0.15, 0.2) is 0 Å². The van der Waals surface area contributed by atoms with E-state index in [4.69, 9.17) is 9.47 Å².